The number of para-hydroxylation sites is 1. The monoisotopic (exact) mass is 339 g/mol. The first-order chi connectivity index (χ1) is 12.2. The van der Waals surface area contributed by atoms with E-state index in [9.17, 15) is 4.79 Å². The molecule has 0 bridgehead atoms. The minimum Gasteiger partial charge on any atom is -0.493 e. The van der Waals surface area contributed by atoms with Gasteiger partial charge in [0.05, 0.1) is 19.9 Å². The molecule has 0 saturated heterocycles. The number of fused-ring (bicyclic) bond motifs is 1. The smallest absolute Gasteiger partial charge is 0.319 e. The van der Waals surface area contributed by atoms with E-state index in [4.69, 9.17) is 9.47 Å². The van der Waals surface area contributed by atoms with Crippen LogP contribution in [0.5, 0.6) is 11.5 Å². The highest BCUT2D eigenvalue weighted by Gasteiger charge is 2.08. The van der Waals surface area contributed by atoms with Gasteiger partial charge in [-0.1, -0.05) is 24.3 Å². The molecule has 25 heavy (non-hydrogen) atoms. The average molecular weight is 339 g/mol. The molecular weight excluding hydrogens is 318 g/mol. The van der Waals surface area contributed by atoms with Crippen molar-refractivity contribution in [1.29, 1.82) is 0 Å². The van der Waals surface area contributed by atoms with Crippen LogP contribution < -0.4 is 20.1 Å². The molecule has 3 rings (SSSR count). The second-order valence-electron chi connectivity index (χ2n) is 5.57. The van der Waals surface area contributed by atoms with E-state index in [0.717, 1.165) is 22.2 Å². The molecule has 0 aliphatic heterocycles. The quantitative estimate of drug-likeness (QED) is 0.643. The number of hydrogen-bond donors (Lipinski definition) is 3. The number of ether oxygens (including phenoxy) is 2. The standard InChI is InChI=1S/C19H21N3O3/c1-24-17-8-7-13(11-18(17)25-2)9-10-20-19(23)22-16-12-21-15-6-4-3-5-14(15)16/h3-8,11-12,21H,9-10H2,1-2H3,(H2,20,22,23). The predicted octanol–water partition coefficient (Wildman–Crippen LogP) is 3.55. The maximum atomic E-state index is 12.1. The van der Waals surface area contributed by atoms with Gasteiger partial charge < -0.3 is 25.1 Å². The van der Waals surface area contributed by atoms with Crippen molar-refractivity contribution in [3.8, 4) is 11.5 Å². The molecule has 2 aromatic carbocycles. The van der Waals surface area contributed by atoms with Gasteiger partial charge in [0.1, 0.15) is 0 Å². The molecule has 0 aliphatic carbocycles. The Labute approximate surface area is 146 Å². The molecule has 0 radical (unpaired) electrons. The highest BCUT2D eigenvalue weighted by molar-refractivity contribution is 6.00. The Bertz CT molecular complexity index is 873. The van der Waals surface area contributed by atoms with Gasteiger partial charge in [-0.2, -0.15) is 0 Å². The van der Waals surface area contributed by atoms with Gasteiger partial charge in [0.15, 0.2) is 11.5 Å². The molecule has 6 heteroatoms. The van der Waals surface area contributed by atoms with Gasteiger partial charge in [-0.15, -0.1) is 0 Å². The molecule has 0 aliphatic rings. The molecule has 130 valence electrons. The Morgan fingerprint density at radius 3 is 2.68 bits per heavy atom. The Morgan fingerprint density at radius 1 is 1.08 bits per heavy atom. The number of H-pyrrole nitrogens is 1. The molecule has 2 amide bonds. The molecule has 3 N–H and O–H groups in total. The van der Waals surface area contributed by atoms with Crippen LogP contribution in [0.1, 0.15) is 5.56 Å². The number of aromatic amines is 1. The van der Waals surface area contributed by atoms with Crippen molar-refractivity contribution in [2.75, 3.05) is 26.1 Å². The molecule has 6 nitrogen and oxygen atoms in total. The second-order valence-corrected chi connectivity index (χ2v) is 5.57. The first-order valence-corrected chi connectivity index (χ1v) is 8.03. The molecule has 0 fully saturated rings. The summed E-state index contributed by atoms with van der Waals surface area (Å²) in [6, 6.07) is 13.3. The first kappa shape index (κ1) is 16.7. The van der Waals surface area contributed by atoms with Gasteiger partial charge in [-0.3, -0.25) is 0 Å². The third-order valence-electron chi connectivity index (χ3n) is 3.98. The summed E-state index contributed by atoms with van der Waals surface area (Å²) in [5.41, 5.74) is 2.81. The van der Waals surface area contributed by atoms with Crippen LogP contribution in [0.2, 0.25) is 0 Å². The van der Waals surface area contributed by atoms with Crippen molar-refractivity contribution >= 4 is 22.6 Å². The highest BCUT2D eigenvalue weighted by Crippen LogP contribution is 2.27. The lowest BCUT2D eigenvalue weighted by molar-refractivity contribution is 0.252. The summed E-state index contributed by atoms with van der Waals surface area (Å²) in [5, 5.41) is 6.71. The summed E-state index contributed by atoms with van der Waals surface area (Å²) in [7, 11) is 3.21. The normalized spacial score (nSPS) is 10.5. The van der Waals surface area contributed by atoms with E-state index in [1.165, 1.54) is 0 Å². The summed E-state index contributed by atoms with van der Waals surface area (Å²) in [4.78, 5) is 15.2. The molecule has 3 aromatic rings. The van der Waals surface area contributed by atoms with Crippen molar-refractivity contribution in [3.63, 3.8) is 0 Å². The molecule has 0 atom stereocenters. The largest absolute Gasteiger partial charge is 0.493 e. The Hall–Kier alpha value is -3.15. The molecule has 0 spiro atoms. The van der Waals surface area contributed by atoms with E-state index in [-0.39, 0.29) is 6.03 Å². The number of rotatable bonds is 6. The van der Waals surface area contributed by atoms with E-state index < -0.39 is 0 Å². The topological polar surface area (TPSA) is 75.4 Å². The fourth-order valence-electron chi connectivity index (χ4n) is 2.70. The molecule has 0 unspecified atom stereocenters. The van der Waals surface area contributed by atoms with Crippen molar-refractivity contribution in [3.05, 3.63) is 54.2 Å². The van der Waals surface area contributed by atoms with Gasteiger partial charge in [-0.05, 0) is 30.2 Å². The van der Waals surface area contributed by atoms with Crippen molar-refractivity contribution in [2.24, 2.45) is 0 Å². The van der Waals surface area contributed by atoms with Crippen LogP contribution in [0.25, 0.3) is 10.9 Å². The average Bonchev–Trinajstić information content (AvgIpc) is 3.04. The SMILES string of the molecule is COc1ccc(CCNC(=O)Nc2c[nH]c3ccccc23)cc1OC. The number of methoxy groups -OCH3 is 2. The number of urea groups is 1. The number of carbonyl (C=O) groups is 1. The van der Waals surface area contributed by atoms with Crippen LogP contribution in [0.4, 0.5) is 10.5 Å². The summed E-state index contributed by atoms with van der Waals surface area (Å²) in [6.07, 6.45) is 2.49. The summed E-state index contributed by atoms with van der Waals surface area (Å²) in [5.74, 6) is 1.37. The van der Waals surface area contributed by atoms with Gasteiger partial charge in [-0.25, -0.2) is 4.79 Å². The van der Waals surface area contributed by atoms with Crippen molar-refractivity contribution in [2.45, 2.75) is 6.42 Å². The number of amides is 2. The molecular formula is C19H21N3O3. The minimum absolute atomic E-state index is 0.231. The van der Waals surface area contributed by atoms with Crippen LogP contribution in [-0.4, -0.2) is 31.8 Å². The molecule has 1 aromatic heterocycles. The zero-order chi connectivity index (χ0) is 17.6. The van der Waals surface area contributed by atoms with Crippen LogP contribution in [0.3, 0.4) is 0 Å². The van der Waals surface area contributed by atoms with Crippen molar-refractivity contribution in [1.82, 2.24) is 10.3 Å². The van der Waals surface area contributed by atoms with E-state index in [0.29, 0.717) is 24.5 Å². The van der Waals surface area contributed by atoms with Gasteiger partial charge in [0.2, 0.25) is 0 Å². The Balaban J connectivity index is 1.54. The van der Waals surface area contributed by atoms with Crippen LogP contribution in [0, 0.1) is 0 Å². The Kier molecular flexibility index (Phi) is 5.09. The van der Waals surface area contributed by atoms with Crippen LogP contribution in [-0.2, 0) is 6.42 Å². The lowest BCUT2D eigenvalue weighted by Gasteiger charge is -2.10. The molecule has 0 saturated carbocycles. The lowest BCUT2D eigenvalue weighted by Crippen LogP contribution is -2.30. The van der Waals surface area contributed by atoms with Crippen LogP contribution in [0.15, 0.2) is 48.7 Å². The second kappa shape index (κ2) is 7.61. The number of carbonyl (C=O) groups excluding carboxylic acids is 1. The summed E-state index contributed by atoms with van der Waals surface area (Å²) >= 11 is 0. The van der Waals surface area contributed by atoms with Gasteiger partial charge in [0.25, 0.3) is 0 Å². The summed E-state index contributed by atoms with van der Waals surface area (Å²) < 4.78 is 10.5. The summed E-state index contributed by atoms with van der Waals surface area (Å²) in [6.45, 7) is 0.518. The third-order valence-corrected chi connectivity index (χ3v) is 3.98. The number of anilines is 1. The molecule has 1 heterocycles. The number of nitrogens with one attached hydrogen (secondary N) is 3. The van der Waals surface area contributed by atoms with Crippen molar-refractivity contribution < 1.29 is 14.3 Å². The minimum atomic E-state index is -0.231. The van der Waals surface area contributed by atoms with E-state index >= 15 is 0 Å². The van der Waals surface area contributed by atoms with Crippen LogP contribution >= 0.6 is 0 Å². The highest BCUT2D eigenvalue weighted by atomic mass is 16.5. The maximum Gasteiger partial charge on any atom is 0.319 e. The third kappa shape index (κ3) is 3.85. The van der Waals surface area contributed by atoms with E-state index in [1.807, 2.05) is 42.5 Å². The zero-order valence-corrected chi connectivity index (χ0v) is 14.3. The maximum absolute atomic E-state index is 12.1. The number of hydrogen-bond acceptors (Lipinski definition) is 3. The fourth-order valence-corrected chi connectivity index (χ4v) is 2.70. The predicted molar refractivity (Wildman–Crippen MR) is 98.6 cm³/mol. The first-order valence-electron chi connectivity index (χ1n) is 8.03. The number of aromatic nitrogens is 1. The van der Waals surface area contributed by atoms with E-state index in [1.54, 1.807) is 20.4 Å². The lowest BCUT2D eigenvalue weighted by atomic mass is 10.1. The zero-order valence-electron chi connectivity index (χ0n) is 14.3. The van der Waals surface area contributed by atoms with E-state index in [2.05, 4.69) is 15.6 Å². The number of benzene rings is 2. The van der Waals surface area contributed by atoms with Gasteiger partial charge >= 0.3 is 6.03 Å². The Morgan fingerprint density at radius 2 is 1.88 bits per heavy atom. The van der Waals surface area contributed by atoms with Gasteiger partial charge in [0, 0.05) is 23.6 Å². The fraction of sp³-hybridized carbons (Fsp3) is 0.211.